The molecule has 0 spiro atoms. The lowest BCUT2D eigenvalue weighted by Gasteiger charge is -2.15. The highest BCUT2D eigenvalue weighted by atomic mass is 16.3. The minimum absolute atomic E-state index is 0.400. The summed E-state index contributed by atoms with van der Waals surface area (Å²) in [7, 11) is 0. The molecule has 1 unspecified atom stereocenters. The molecule has 0 saturated heterocycles. The summed E-state index contributed by atoms with van der Waals surface area (Å²) in [5.74, 6) is 0.400. The minimum Gasteiger partial charge on any atom is -0.456 e. The minimum atomic E-state index is 0.400. The van der Waals surface area contributed by atoms with Crippen molar-refractivity contribution in [2.45, 2.75) is 26.2 Å². The lowest BCUT2D eigenvalue weighted by Crippen LogP contribution is -1.94. The van der Waals surface area contributed by atoms with Crippen LogP contribution in [0.3, 0.4) is 0 Å². The zero-order valence-corrected chi connectivity index (χ0v) is 34.4. The highest BCUT2D eigenvalue weighted by molar-refractivity contribution is 6.12. The lowest BCUT2D eigenvalue weighted by atomic mass is 9.90. The number of furan rings is 2. The van der Waals surface area contributed by atoms with Gasteiger partial charge >= 0.3 is 0 Å². The van der Waals surface area contributed by atoms with Gasteiger partial charge in [-0.3, -0.25) is 0 Å². The zero-order valence-electron chi connectivity index (χ0n) is 34.4. The Labute approximate surface area is 357 Å². The average Bonchev–Trinajstić information content (AvgIpc) is 4.08. The Morgan fingerprint density at radius 2 is 0.758 bits per heavy atom. The largest absolute Gasteiger partial charge is 0.456 e. The fourth-order valence-corrected chi connectivity index (χ4v) is 10.1. The van der Waals surface area contributed by atoms with Gasteiger partial charge in [-0.25, -0.2) is 0 Å². The van der Waals surface area contributed by atoms with Crippen molar-refractivity contribution in [2.24, 2.45) is 0 Å². The number of nitrogens with zero attached hydrogens (tertiary/aromatic N) is 2. The number of aromatic nitrogens is 2. The summed E-state index contributed by atoms with van der Waals surface area (Å²) < 4.78 is 17.9. The lowest BCUT2D eigenvalue weighted by molar-refractivity contribution is 0.668. The standard InChI is InChI=1S/C58H40N2O2/c1-3-35(2)38-28-39(36-20-24-47-49-33-41(22-26-55(49)61-57(47)31-36)59-51-16-8-4-12-43(51)44-13-5-9-17-52(44)59)30-40(29-38)37-21-25-48-50-34-42(23-27-56(50)62-58(48)32-37)60-53-18-10-6-14-45(53)46-15-7-11-19-54(46)60/h4-35H,3H2,1-2H3. The summed E-state index contributed by atoms with van der Waals surface area (Å²) in [5, 5.41) is 9.47. The third kappa shape index (κ3) is 5.20. The van der Waals surface area contributed by atoms with Crippen molar-refractivity contribution in [3.05, 3.63) is 194 Å². The number of hydrogen-bond acceptors (Lipinski definition) is 2. The molecule has 0 aliphatic rings. The van der Waals surface area contributed by atoms with Gasteiger partial charge in [-0.05, 0) is 131 Å². The van der Waals surface area contributed by atoms with E-state index < -0.39 is 0 Å². The second-order valence-electron chi connectivity index (χ2n) is 16.9. The van der Waals surface area contributed by atoms with Crippen molar-refractivity contribution in [3.63, 3.8) is 0 Å². The molecule has 4 aromatic heterocycles. The summed E-state index contributed by atoms with van der Waals surface area (Å²) in [6.45, 7) is 4.58. The van der Waals surface area contributed by atoms with Crippen LogP contribution in [-0.4, -0.2) is 9.13 Å². The quantitative estimate of drug-likeness (QED) is 0.168. The van der Waals surface area contributed by atoms with Crippen LogP contribution in [0.2, 0.25) is 0 Å². The smallest absolute Gasteiger partial charge is 0.136 e. The summed E-state index contributed by atoms with van der Waals surface area (Å²) in [6, 6.07) is 68.2. The molecule has 4 nitrogen and oxygen atoms in total. The van der Waals surface area contributed by atoms with Crippen LogP contribution in [-0.2, 0) is 0 Å². The number of fused-ring (bicyclic) bond motifs is 12. The van der Waals surface area contributed by atoms with Crippen LogP contribution in [0.25, 0.3) is 121 Å². The predicted octanol–water partition coefficient (Wildman–Crippen LogP) is 16.5. The van der Waals surface area contributed by atoms with Crippen molar-refractivity contribution >= 4 is 87.5 Å². The molecule has 62 heavy (non-hydrogen) atoms. The van der Waals surface area contributed by atoms with Crippen molar-refractivity contribution in [1.82, 2.24) is 9.13 Å². The maximum atomic E-state index is 6.60. The van der Waals surface area contributed by atoms with Gasteiger partial charge < -0.3 is 18.0 Å². The van der Waals surface area contributed by atoms with Gasteiger partial charge in [-0.1, -0.05) is 111 Å². The molecule has 0 aliphatic heterocycles. The van der Waals surface area contributed by atoms with E-state index in [0.717, 1.165) is 72.8 Å². The van der Waals surface area contributed by atoms with Crippen molar-refractivity contribution in [3.8, 4) is 33.6 Å². The molecule has 9 aromatic carbocycles. The molecular weight excluding hydrogens is 757 g/mol. The van der Waals surface area contributed by atoms with E-state index in [0.29, 0.717) is 5.92 Å². The zero-order chi connectivity index (χ0) is 41.1. The molecule has 0 radical (unpaired) electrons. The van der Waals surface area contributed by atoms with Gasteiger partial charge in [-0.15, -0.1) is 0 Å². The Bertz CT molecular complexity index is 3590. The molecule has 0 amide bonds. The highest BCUT2D eigenvalue weighted by Gasteiger charge is 2.18. The summed E-state index contributed by atoms with van der Waals surface area (Å²) in [4.78, 5) is 0. The molecule has 0 bridgehead atoms. The van der Waals surface area contributed by atoms with Gasteiger partial charge in [-0.2, -0.15) is 0 Å². The summed E-state index contributed by atoms with van der Waals surface area (Å²) in [6.07, 6.45) is 1.05. The molecule has 4 heterocycles. The molecule has 0 fully saturated rings. The number of hydrogen-bond donors (Lipinski definition) is 0. The summed E-state index contributed by atoms with van der Waals surface area (Å²) >= 11 is 0. The van der Waals surface area contributed by atoms with Crippen molar-refractivity contribution in [1.29, 1.82) is 0 Å². The van der Waals surface area contributed by atoms with Crippen LogP contribution < -0.4 is 0 Å². The number of para-hydroxylation sites is 4. The van der Waals surface area contributed by atoms with Crippen LogP contribution in [0.15, 0.2) is 197 Å². The Morgan fingerprint density at radius 1 is 0.355 bits per heavy atom. The summed E-state index contributed by atoms with van der Waals surface area (Å²) in [5.41, 5.74) is 16.5. The fourth-order valence-electron chi connectivity index (χ4n) is 10.1. The van der Waals surface area contributed by atoms with Crippen molar-refractivity contribution in [2.75, 3.05) is 0 Å². The van der Waals surface area contributed by atoms with Gasteiger partial charge in [0.15, 0.2) is 0 Å². The third-order valence-corrected chi connectivity index (χ3v) is 13.4. The normalized spacial score (nSPS) is 12.7. The van der Waals surface area contributed by atoms with E-state index in [-0.39, 0.29) is 0 Å². The maximum absolute atomic E-state index is 6.60. The molecule has 13 aromatic rings. The number of rotatable bonds is 6. The van der Waals surface area contributed by atoms with Gasteiger partial charge in [0, 0.05) is 54.5 Å². The Hall–Kier alpha value is -7.82. The van der Waals surface area contributed by atoms with E-state index in [2.05, 4.69) is 211 Å². The first-order valence-electron chi connectivity index (χ1n) is 21.6. The molecule has 1 atom stereocenters. The van der Waals surface area contributed by atoms with Crippen molar-refractivity contribution < 1.29 is 8.83 Å². The second-order valence-corrected chi connectivity index (χ2v) is 16.9. The van der Waals surface area contributed by atoms with E-state index in [1.54, 1.807) is 0 Å². The Kier molecular flexibility index (Phi) is 7.53. The van der Waals surface area contributed by atoms with Gasteiger partial charge in [0.2, 0.25) is 0 Å². The van der Waals surface area contributed by atoms with E-state index >= 15 is 0 Å². The monoisotopic (exact) mass is 796 g/mol. The number of benzene rings is 9. The van der Waals surface area contributed by atoms with Gasteiger partial charge in [0.05, 0.1) is 22.1 Å². The van der Waals surface area contributed by atoms with E-state index in [9.17, 15) is 0 Å². The van der Waals surface area contributed by atoms with Crippen LogP contribution in [0.4, 0.5) is 0 Å². The molecule has 0 saturated carbocycles. The average molecular weight is 797 g/mol. The second kappa shape index (κ2) is 13.3. The van der Waals surface area contributed by atoms with Crippen LogP contribution in [0.1, 0.15) is 31.7 Å². The Morgan fingerprint density at radius 3 is 1.16 bits per heavy atom. The molecule has 4 heteroatoms. The van der Waals surface area contributed by atoms with E-state index in [1.807, 2.05) is 0 Å². The third-order valence-electron chi connectivity index (χ3n) is 13.4. The topological polar surface area (TPSA) is 36.1 Å². The van der Waals surface area contributed by atoms with Crippen LogP contribution in [0, 0.1) is 0 Å². The Balaban J connectivity index is 0.899. The molecule has 294 valence electrons. The first kappa shape index (κ1) is 35.0. The van der Waals surface area contributed by atoms with Crippen LogP contribution >= 0.6 is 0 Å². The molecule has 13 rings (SSSR count). The van der Waals surface area contributed by atoms with Crippen LogP contribution in [0.5, 0.6) is 0 Å². The first-order valence-corrected chi connectivity index (χ1v) is 21.6. The first-order chi connectivity index (χ1) is 30.6. The van der Waals surface area contributed by atoms with E-state index in [1.165, 1.54) is 60.3 Å². The predicted molar refractivity (Wildman–Crippen MR) is 259 cm³/mol. The van der Waals surface area contributed by atoms with E-state index in [4.69, 9.17) is 8.83 Å². The van der Waals surface area contributed by atoms with Gasteiger partial charge in [0.25, 0.3) is 0 Å². The molecule has 0 N–H and O–H groups in total. The maximum Gasteiger partial charge on any atom is 0.136 e. The fraction of sp³-hybridized carbons (Fsp3) is 0.0690. The van der Waals surface area contributed by atoms with Gasteiger partial charge in [0.1, 0.15) is 22.3 Å². The molecular formula is C58H40N2O2. The molecule has 0 aliphatic carbocycles. The SMILES string of the molecule is CCC(C)c1cc(-c2ccc3c(c2)oc2ccc(-n4c5ccccc5c5ccccc54)cc23)cc(-c2ccc3c(c2)oc2ccc(-n4c5ccccc5c5ccccc54)cc23)c1. The highest BCUT2D eigenvalue weighted by Crippen LogP contribution is 2.41.